The monoisotopic (exact) mass is 229 g/mol. The van der Waals surface area contributed by atoms with Crippen LogP contribution in [-0.4, -0.2) is 16.7 Å². The third-order valence-electron chi connectivity index (χ3n) is 2.42. The van der Waals surface area contributed by atoms with Crippen molar-refractivity contribution in [3.8, 4) is 0 Å². The second kappa shape index (κ2) is 3.33. The molecule has 1 N–H and O–H groups in total. The fourth-order valence-electron chi connectivity index (χ4n) is 1.62. The summed E-state index contributed by atoms with van der Waals surface area (Å²) < 4.78 is 37.1. The third kappa shape index (κ3) is 1.56. The lowest BCUT2D eigenvalue weighted by atomic mass is 10.1. The Morgan fingerprint density at radius 2 is 2.00 bits per heavy atom. The topological polar surface area (TPSA) is 49.7 Å². The van der Waals surface area contributed by atoms with Crippen molar-refractivity contribution in [1.29, 1.82) is 0 Å². The molecule has 0 bridgehead atoms. The summed E-state index contributed by atoms with van der Waals surface area (Å²) in [4.78, 5) is 11.4. The number of nitrogens with zero attached hydrogens (tertiary/aromatic N) is 1. The van der Waals surface area contributed by atoms with Gasteiger partial charge < -0.3 is 5.21 Å². The van der Waals surface area contributed by atoms with Crippen LogP contribution in [0.1, 0.15) is 21.5 Å². The van der Waals surface area contributed by atoms with Crippen LogP contribution in [0.4, 0.5) is 13.2 Å². The van der Waals surface area contributed by atoms with E-state index in [4.69, 9.17) is 5.21 Å². The molecule has 0 heterocycles. The number of rotatable bonds is 0. The van der Waals surface area contributed by atoms with E-state index in [1.165, 1.54) is 6.07 Å². The van der Waals surface area contributed by atoms with Crippen LogP contribution < -0.4 is 0 Å². The molecule has 1 aliphatic rings. The average Bonchev–Trinajstić information content (AvgIpc) is 2.54. The highest BCUT2D eigenvalue weighted by atomic mass is 19.4. The average molecular weight is 229 g/mol. The summed E-state index contributed by atoms with van der Waals surface area (Å²) in [5.41, 5.74) is -0.596. The first-order valence-electron chi connectivity index (χ1n) is 4.39. The maximum Gasteiger partial charge on any atom is 0.416 e. The number of benzene rings is 1. The maximum atomic E-state index is 12.4. The molecule has 0 fully saturated rings. The number of hydrogen-bond acceptors (Lipinski definition) is 3. The van der Waals surface area contributed by atoms with Crippen LogP contribution in [0.25, 0.3) is 0 Å². The normalized spacial score (nSPS) is 17.9. The van der Waals surface area contributed by atoms with Gasteiger partial charge in [-0.15, -0.1) is 0 Å². The van der Waals surface area contributed by atoms with Crippen molar-refractivity contribution in [3.05, 3.63) is 34.9 Å². The van der Waals surface area contributed by atoms with Crippen LogP contribution in [0.3, 0.4) is 0 Å². The van der Waals surface area contributed by atoms with Crippen LogP contribution in [0.15, 0.2) is 23.4 Å². The van der Waals surface area contributed by atoms with E-state index in [0.717, 1.165) is 12.1 Å². The molecule has 0 unspecified atom stereocenters. The Balaban J connectivity index is 2.51. The van der Waals surface area contributed by atoms with E-state index in [2.05, 4.69) is 5.16 Å². The molecule has 16 heavy (non-hydrogen) atoms. The molecular weight excluding hydrogens is 223 g/mol. The van der Waals surface area contributed by atoms with Crippen LogP contribution in [-0.2, 0) is 12.6 Å². The van der Waals surface area contributed by atoms with E-state index in [0.29, 0.717) is 5.56 Å². The molecule has 0 amide bonds. The van der Waals surface area contributed by atoms with Crippen LogP contribution in [0, 0.1) is 0 Å². The Hall–Kier alpha value is -1.85. The second-order valence-electron chi connectivity index (χ2n) is 3.42. The predicted molar refractivity (Wildman–Crippen MR) is 48.7 cm³/mol. The smallest absolute Gasteiger partial charge is 0.411 e. The molecule has 1 aliphatic carbocycles. The molecule has 0 aliphatic heterocycles. The Kier molecular flexibility index (Phi) is 2.22. The molecule has 0 aromatic heterocycles. The van der Waals surface area contributed by atoms with Gasteiger partial charge >= 0.3 is 6.18 Å². The Morgan fingerprint density at radius 3 is 2.56 bits per heavy atom. The van der Waals surface area contributed by atoms with Crippen molar-refractivity contribution in [2.24, 2.45) is 5.16 Å². The first kappa shape index (κ1) is 10.7. The summed E-state index contributed by atoms with van der Waals surface area (Å²) in [5.74, 6) is -0.649. The lowest BCUT2D eigenvalue weighted by molar-refractivity contribution is -0.137. The second-order valence-corrected chi connectivity index (χ2v) is 3.42. The number of halogens is 3. The van der Waals surface area contributed by atoms with Crippen molar-refractivity contribution >= 4 is 11.5 Å². The van der Waals surface area contributed by atoms with E-state index >= 15 is 0 Å². The Bertz CT molecular complexity index is 491. The number of Topliss-reactive ketones (excluding diaryl/α,β-unsaturated/α-hetero) is 1. The zero-order valence-electron chi connectivity index (χ0n) is 7.88. The predicted octanol–water partition coefficient (Wildman–Crippen LogP) is 2.27. The van der Waals surface area contributed by atoms with Crippen LogP contribution in [0.2, 0.25) is 0 Å². The third-order valence-corrected chi connectivity index (χ3v) is 2.42. The standard InChI is InChI=1S/C10H6F3NO2/c11-10(12,13)6-2-1-5-3-8(14-16)9(15)7(5)4-6/h1-2,4,16H,3H2. The molecule has 3 nitrogen and oxygen atoms in total. The van der Waals surface area contributed by atoms with Crippen molar-refractivity contribution in [2.45, 2.75) is 12.6 Å². The fraction of sp³-hybridized carbons (Fsp3) is 0.200. The minimum Gasteiger partial charge on any atom is -0.411 e. The molecule has 0 radical (unpaired) electrons. The molecule has 0 atom stereocenters. The summed E-state index contributed by atoms with van der Waals surface area (Å²) >= 11 is 0. The number of carbonyl (C=O) groups is 1. The van der Waals surface area contributed by atoms with Gasteiger partial charge in [0.2, 0.25) is 5.78 Å². The van der Waals surface area contributed by atoms with E-state index in [9.17, 15) is 18.0 Å². The fourth-order valence-corrected chi connectivity index (χ4v) is 1.62. The molecule has 84 valence electrons. The van der Waals surface area contributed by atoms with Crippen molar-refractivity contribution in [1.82, 2.24) is 0 Å². The van der Waals surface area contributed by atoms with Crippen molar-refractivity contribution < 1.29 is 23.2 Å². The number of carbonyl (C=O) groups excluding carboxylic acids is 1. The molecular formula is C10H6F3NO2. The summed E-state index contributed by atoms with van der Waals surface area (Å²) in [5, 5.41) is 11.2. The SMILES string of the molecule is O=C1C(=NO)Cc2ccc(C(F)(F)F)cc21. The van der Waals surface area contributed by atoms with Gasteiger partial charge in [0.25, 0.3) is 0 Å². The van der Waals surface area contributed by atoms with Crippen molar-refractivity contribution in [3.63, 3.8) is 0 Å². The number of hydrogen-bond donors (Lipinski definition) is 1. The van der Waals surface area contributed by atoms with E-state index in [1.54, 1.807) is 0 Å². The summed E-state index contributed by atoms with van der Waals surface area (Å²) in [6.45, 7) is 0. The number of ketones is 1. The minimum atomic E-state index is -4.48. The van der Waals surface area contributed by atoms with Crippen LogP contribution in [0.5, 0.6) is 0 Å². The van der Waals surface area contributed by atoms with Gasteiger partial charge in [0.1, 0.15) is 5.71 Å². The number of alkyl halides is 3. The summed E-state index contributed by atoms with van der Waals surface area (Å²) in [6.07, 6.45) is -4.41. The van der Waals surface area contributed by atoms with Gasteiger partial charge in [-0.25, -0.2) is 0 Å². The molecule has 0 saturated carbocycles. The summed E-state index contributed by atoms with van der Waals surface area (Å²) in [7, 11) is 0. The highest BCUT2D eigenvalue weighted by Crippen LogP contribution is 2.32. The Labute approximate surface area is 88.2 Å². The van der Waals surface area contributed by atoms with Gasteiger partial charge in [-0.05, 0) is 17.7 Å². The van der Waals surface area contributed by atoms with E-state index < -0.39 is 17.5 Å². The molecule has 0 saturated heterocycles. The first-order chi connectivity index (χ1) is 7.43. The zero-order valence-corrected chi connectivity index (χ0v) is 7.88. The van der Waals surface area contributed by atoms with Crippen LogP contribution >= 0.6 is 0 Å². The zero-order chi connectivity index (χ0) is 11.9. The van der Waals surface area contributed by atoms with Gasteiger partial charge in [-0.2, -0.15) is 13.2 Å². The number of fused-ring (bicyclic) bond motifs is 1. The quantitative estimate of drug-likeness (QED) is 0.548. The maximum absolute atomic E-state index is 12.4. The Morgan fingerprint density at radius 1 is 1.31 bits per heavy atom. The molecule has 0 spiro atoms. The van der Waals surface area contributed by atoms with Gasteiger partial charge in [0.15, 0.2) is 0 Å². The van der Waals surface area contributed by atoms with E-state index in [-0.39, 0.29) is 17.7 Å². The summed E-state index contributed by atoms with van der Waals surface area (Å²) in [6, 6.07) is 2.93. The molecule has 1 aromatic carbocycles. The van der Waals surface area contributed by atoms with Gasteiger partial charge in [0, 0.05) is 12.0 Å². The largest absolute Gasteiger partial charge is 0.416 e. The molecule has 6 heteroatoms. The lowest BCUT2D eigenvalue weighted by Crippen LogP contribution is -2.09. The molecule has 2 rings (SSSR count). The minimum absolute atomic E-state index is 0.0392. The highest BCUT2D eigenvalue weighted by Gasteiger charge is 2.34. The van der Waals surface area contributed by atoms with Crippen molar-refractivity contribution in [2.75, 3.05) is 0 Å². The van der Waals surface area contributed by atoms with Gasteiger partial charge in [-0.3, -0.25) is 4.79 Å². The molecule has 1 aromatic rings. The van der Waals surface area contributed by atoms with E-state index in [1.807, 2.05) is 0 Å². The lowest BCUT2D eigenvalue weighted by Gasteiger charge is -2.07. The van der Waals surface area contributed by atoms with Gasteiger partial charge in [-0.1, -0.05) is 11.2 Å². The number of oxime groups is 1. The first-order valence-corrected chi connectivity index (χ1v) is 4.39. The highest BCUT2D eigenvalue weighted by molar-refractivity contribution is 6.49. The van der Waals surface area contributed by atoms with Gasteiger partial charge in [0.05, 0.1) is 5.56 Å².